The van der Waals surface area contributed by atoms with Crippen molar-refractivity contribution >= 4 is 11.7 Å². The second-order valence-electron chi connectivity index (χ2n) is 3.23. The summed E-state index contributed by atoms with van der Waals surface area (Å²) in [4.78, 5) is 21.1. The summed E-state index contributed by atoms with van der Waals surface area (Å²) in [6, 6.07) is 0. The Labute approximate surface area is 94.9 Å². The molecule has 6 heteroatoms. The number of hydrogen-bond acceptors (Lipinski definition) is 5. The second-order valence-corrected chi connectivity index (χ2v) is 3.23. The Morgan fingerprint density at radius 2 is 1.88 bits per heavy atom. The molecule has 0 aliphatic heterocycles. The average Bonchev–Trinajstić information content (AvgIpc) is 2.26. The zero-order valence-corrected chi connectivity index (χ0v) is 9.53. The Balaban J connectivity index is 3.04. The van der Waals surface area contributed by atoms with Crippen molar-refractivity contribution in [1.29, 1.82) is 0 Å². The summed E-state index contributed by atoms with van der Waals surface area (Å²) in [5, 5.41) is 10.8. The molecule has 0 spiro atoms. The lowest BCUT2D eigenvalue weighted by atomic mass is 10.4. The number of rotatable bonds is 10. The quantitative estimate of drug-likeness (QED) is 0.478. The van der Waals surface area contributed by atoms with Gasteiger partial charge in [0.2, 0.25) is 5.91 Å². The van der Waals surface area contributed by atoms with Gasteiger partial charge in [0.15, 0.2) is 5.78 Å². The van der Waals surface area contributed by atoms with Gasteiger partial charge in [-0.25, -0.2) is 0 Å². The van der Waals surface area contributed by atoms with Crippen LogP contribution in [0.4, 0.5) is 0 Å². The van der Waals surface area contributed by atoms with Crippen molar-refractivity contribution in [2.45, 2.75) is 13.3 Å². The number of carbonyl (C=O) groups is 2. The number of ketones is 1. The van der Waals surface area contributed by atoms with Crippen molar-refractivity contribution in [3.05, 3.63) is 0 Å². The van der Waals surface area contributed by atoms with E-state index in [1.54, 1.807) is 0 Å². The molecule has 0 bridgehead atoms. The van der Waals surface area contributed by atoms with Gasteiger partial charge in [-0.1, -0.05) is 0 Å². The topological polar surface area (TPSA) is 84.9 Å². The molecule has 0 aromatic rings. The van der Waals surface area contributed by atoms with Gasteiger partial charge in [-0.15, -0.1) is 0 Å². The highest BCUT2D eigenvalue weighted by Crippen LogP contribution is 1.85. The standard InChI is InChI=1S/C10H19NO5/c1-9(13)8-16-5-2-4-15-6-3-11-10(14)7-12/h12H,2-8H2,1H3,(H,11,14). The van der Waals surface area contributed by atoms with Crippen LogP contribution in [-0.2, 0) is 19.1 Å². The number of carbonyl (C=O) groups excluding carboxylic acids is 2. The summed E-state index contributed by atoms with van der Waals surface area (Å²) in [6.45, 7) is 2.91. The van der Waals surface area contributed by atoms with E-state index in [2.05, 4.69) is 5.32 Å². The maximum atomic E-state index is 10.6. The van der Waals surface area contributed by atoms with Crippen LogP contribution in [0.15, 0.2) is 0 Å². The first-order valence-electron chi connectivity index (χ1n) is 5.19. The lowest BCUT2D eigenvalue weighted by Gasteiger charge is -2.05. The minimum absolute atomic E-state index is 0.00707. The minimum Gasteiger partial charge on any atom is -0.387 e. The van der Waals surface area contributed by atoms with Gasteiger partial charge in [0.05, 0.1) is 6.61 Å². The highest BCUT2D eigenvalue weighted by Gasteiger charge is 1.96. The molecule has 0 fully saturated rings. The van der Waals surface area contributed by atoms with Crippen LogP contribution in [0, 0.1) is 0 Å². The first-order valence-corrected chi connectivity index (χ1v) is 5.19. The van der Waals surface area contributed by atoms with Gasteiger partial charge in [0, 0.05) is 19.8 Å². The van der Waals surface area contributed by atoms with Crippen LogP contribution in [-0.4, -0.2) is 56.4 Å². The smallest absolute Gasteiger partial charge is 0.245 e. The number of hydrogen-bond donors (Lipinski definition) is 2. The number of ether oxygens (including phenoxy) is 2. The van der Waals surface area contributed by atoms with Crippen LogP contribution < -0.4 is 5.32 Å². The van der Waals surface area contributed by atoms with Gasteiger partial charge < -0.3 is 19.9 Å². The van der Waals surface area contributed by atoms with Crippen LogP contribution in [0.2, 0.25) is 0 Å². The molecule has 2 N–H and O–H groups in total. The zero-order valence-electron chi connectivity index (χ0n) is 9.53. The molecule has 0 heterocycles. The molecule has 0 saturated carbocycles. The summed E-state index contributed by atoms with van der Waals surface area (Å²) < 4.78 is 10.2. The van der Waals surface area contributed by atoms with E-state index in [9.17, 15) is 9.59 Å². The van der Waals surface area contributed by atoms with E-state index in [1.807, 2.05) is 0 Å². The first-order chi connectivity index (χ1) is 7.66. The Hall–Kier alpha value is -0.980. The molecule has 16 heavy (non-hydrogen) atoms. The molecule has 6 nitrogen and oxygen atoms in total. The van der Waals surface area contributed by atoms with Gasteiger partial charge in [-0.2, -0.15) is 0 Å². The third-order valence-corrected chi connectivity index (χ3v) is 1.59. The fraction of sp³-hybridized carbons (Fsp3) is 0.800. The maximum Gasteiger partial charge on any atom is 0.245 e. The molecule has 1 amide bonds. The molecule has 0 atom stereocenters. The van der Waals surface area contributed by atoms with Crippen LogP contribution in [0.1, 0.15) is 13.3 Å². The summed E-state index contributed by atoms with van der Waals surface area (Å²) >= 11 is 0. The van der Waals surface area contributed by atoms with Crippen molar-refractivity contribution in [1.82, 2.24) is 5.32 Å². The van der Waals surface area contributed by atoms with E-state index in [4.69, 9.17) is 14.6 Å². The fourth-order valence-electron chi connectivity index (χ4n) is 0.900. The zero-order chi connectivity index (χ0) is 12.2. The van der Waals surface area contributed by atoms with Crippen LogP contribution in [0.25, 0.3) is 0 Å². The molecule has 0 aromatic carbocycles. The summed E-state index contributed by atoms with van der Waals surface area (Å²) in [7, 11) is 0. The minimum atomic E-state index is -0.501. The number of Topliss-reactive ketones (excluding diaryl/α,β-unsaturated/α-hetero) is 1. The lowest BCUT2D eigenvalue weighted by Crippen LogP contribution is -2.29. The van der Waals surface area contributed by atoms with Crippen LogP contribution in [0.5, 0.6) is 0 Å². The predicted molar refractivity (Wildman–Crippen MR) is 57.0 cm³/mol. The molecule has 0 aromatic heterocycles. The Morgan fingerprint density at radius 1 is 1.19 bits per heavy atom. The van der Waals surface area contributed by atoms with Crippen molar-refractivity contribution in [3.8, 4) is 0 Å². The molecule has 0 radical (unpaired) electrons. The van der Waals surface area contributed by atoms with Crippen molar-refractivity contribution in [3.63, 3.8) is 0 Å². The van der Waals surface area contributed by atoms with E-state index >= 15 is 0 Å². The fourth-order valence-corrected chi connectivity index (χ4v) is 0.900. The molecule has 94 valence electrons. The number of aliphatic hydroxyl groups excluding tert-OH is 1. The van der Waals surface area contributed by atoms with Crippen LogP contribution in [0.3, 0.4) is 0 Å². The molecule has 0 unspecified atom stereocenters. The van der Waals surface area contributed by atoms with E-state index < -0.39 is 12.5 Å². The number of aliphatic hydroxyl groups is 1. The van der Waals surface area contributed by atoms with Gasteiger partial charge in [0.1, 0.15) is 13.2 Å². The Bertz CT molecular complexity index is 207. The average molecular weight is 233 g/mol. The number of amides is 1. The molecule has 0 aliphatic carbocycles. The first kappa shape index (κ1) is 15.0. The van der Waals surface area contributed by atoms with Gasteiger partial charge in [-0.3, -0.25) is 9.59 Å². The summed E-state index contributed by atoms with van der Waals surface area (Å²) in [5.74, 6) is -0.402. The molecule has 0 rings (SSSR count). The highest BCUT2D eigenvalue weighted by atomic mass is 16.5. The molecular weight excluding hydrogens is 214 g/mol. The van der Waals surface area contributed by atoms with Crippen molar-refractivity contribution in [2.24, 2.45) is 0 Å². The van der Waals surface area contributed by atoms with E-state index in [-0.39, 0.29) is 12.4 Å². The van der Waals surface area contributed by atoms with Gasteiger partial charge >= 0.3 is 0 Å². The third kappa shape index (κ3) is 11.1. The van der Waals surface area contributed by atoms with E-state index in [0.29, 0.717) is 32.8 Å². The SMILES string of the molecule is CC(=O)COCCCOCCNC(=O)CO. The second kappa shape index (κ2) is 10.5. The van der Waals surface area contributed by atoms with Gasteiger partial charge in [-0.05, 0) is 13.3 Å². The monoisotopic (exact) mass is 233 g/mol. The largest absolute Gasteiger partial charge is 0.387 e. The predicted octanol–water partition coefficient (Wildman–Crippen LogP) is -0.893. The van der Waals surface area contributed by atoms with E-state index in [1.165, 1.54) is 6.92 Å². The van der Waals surface area contributed by atoms with E-state index in [0.717, 1.165) is 0 Å². The lowest BCUT2D eigenvalue weighted by molar-refractivity contribution is -0.124. The van der Waals surface area contributed by atoms with Crippen molar-refractivity contribution < 1.29 is 24.2 Å². The molecule has 0 saturated heterocycles. The Kier molecular flexibility index (Phi) is 9.89. The highest BCUT2D eigenvalue weighted by molar-refractivity contribution is 5.77. The van der Waals surface area contributed by atoms with Gasteiger partial charge in [0.25, 0.3) is 0 Å². The summed E-state index contributed by atoms with van der Waals surface area (Å²) in [6.07, 6.45) is 0.710. The molecule has 0 aliphatic rings. The normalized spacial score (nSPS) is 10.1. The third-order valence-electron chi connectivity index (χ3n) is 1.59. The van der Waals surface area contributed by atoms with Crippen molar-refractivity contribution in [2.75, 3.05) is 39.6 Å². The number of nitrogens with one attached hydrogen (secondary N) is 1. The maximum absolute atomic E-state index is 10.6. The van der Waals surface area contributed by atoms with Crippen LogP contribution >= 0.6 is 0 Å². The Morgan fingerprint density at radius 3 is 2.50 bits per heavy atom. The summed E-state index contributed by atoms with van der Waals surface area (Å²) in [5.41, 5.74) is 0. The molecular formula is C10H19NO5.